The number of benzene rings is 1. The number of carbonyl (C=O) groups is 1. The van der Waals surface area contributed by atoms with Crippen molar-refractivity contribution in [3.8, 4) is 0 Å². The zero-order valence-corrected chi connectivity index (χ0v) is 13.1. The van der Waals surface area contributed by atoms with Crippen LogP contribution in [0.3, 0.4) is 0 Å². The van der Waals surface area contributed by atoms with Gasteiger partial charge in [-0.25, -0.2) is 0 Å². The average Bonchev–Trinajstić information content (AvgIpc) is 3.18. The van der Waals surface area contributed by atoms with Crippen LogP contribution in [0.1, 0.15) is 11.3 Å². The van der Waals surface area contributed by atoms with Crippen molar-refractivity contribution in [3.05, 3.63) is 64.1 Å². The SMILES string of the molecule is O=C1N/C(=N/N=C/c2ccco2)S[C@H]1Cc1cccc([N+](=O)[O-])c1. The van der Waals surface area contributed by atoms with Gasteiger partial charge in [-0.2, -0.15) is 5.10 Å². The minimum Gasteiger partial charge on any atom is -0.463 e. The topological polar surface area (TPSA) is 110 Å². The van der Waals surface area contributed by atoms with Crippen molar-refractivity contribution in [1.29, 1.82) is 0 Å². The zero-order chi connectivity index (χ0) is 16.9. The van der Waals surface area contributed by atoms with Crippen LogP contribution in [0.5, 0.6) is 0 Å². The lowest BCUT2D eigenvalue weighted by Gasteiger charge is -2.04. The number of nitro benzene ring substituents is 1. The lowest BCUT2D eigenvalue weighted by molar-refractivity contribution is -0.384. The van der Waals surface area contributed by atoms with Crippen LogP contribution in [0.2, 0.25) is 0 Å². The van der Waals surface area contributed by atoms with E-state index in [9.17, 15) is 14.9 Å². The second kappa shape index (κ2) is 7.09. The van der Waals surface area contributed by atoms with Gasteiger partial charge in [0.25, 0.3) is 5.69 Å². The summed E-state index contributed by atoms with van der Waals surface area (Å²) in [7, 11) is 0. The molecule has 1 aliphatic heterocycles. The standard InChI is InChI=1S/C15H12N4O4S/c20-14-13(8-10-3-1-4-11(7-10)19(21)22)24-15(17-14)18-16-9-12-5-2-6-23-12/h1-7,9,13H,8H2,(H,17,18,20)/b16-9+/t13-/m0/s1. The van der Waals surface area contributed by atoms with Crippen molar-refractivity contribution in [2.24, 2.45) is 10.2 Å². The first kappa shape index (κ1) is 15.9. The summed E-state index contributed by atoms with van der Waals surface area (Å²) in [6.45, 7) is 0. The molecule has 24 heavy (non-hydrogen) atoms. The maximum atomic E-state index is 12.0. The van der Waals surface area contributed by atoms with E-state index in [4.69, 9.17) is 4.42 Å². The summed E-state index contributed by atoms with van der Waals surface area (Å²) in [4.78, 5) is 22.3. The molecule has 3 rings (SSSR count). The number of amidine groups is 1. The summed E-state index contributed by atoms with van der Waals surface area (Å²) in [5.74, 6) is 0.361. The van der Waals surface area contributed by atoms with Crippen molar-refractivity contribution >= 4 is 34.7 Å². The second-order valence-electron chi connectivity index (χ2n) is 4.89. The molecule has 2 heterocycles. The number of furan rings is 1. The lowest BCUT2D eigenvalue weighted by atomic mass is 10.1. The van der Waals surface area contributed by atoms with Gasteiger partial charge in [0.05, 0.1) is 22.7 Å². The highest BCUT2D eigenvalue weighted by molar-refractivity contribution is 8.15. The first-order valence-corrected chi connectivity index (χ1v) is 7.85. The van der Waals surface area contributed by atoms with Gasteiger partial charge in [-0.05, 0) is 24.1 Å². The van der Waals surface area contributed by atoms with Gasteiger partial charge in [0.2, 0.25) is 5.91 Å². The molecule has 1 saturated heterocycles. The van der Waals surface area contributed by atoms with Crippen LogP contribution in [0.15, 0.2) is 57.3 Å². The number of nitro groups is 1. The van der Waals surface area contributed by atoms with Gasteiger partial charge >= 0.3 is 0 Å². The predicted molar refractivity (Wildman–Crippen MR) is 90.1 cm³/mol. The van der Waals surface area contributed by atoms with Crippen molar-refractivity contribution in [3.63, 3.8) is 0 Å². The quantitative estimate of drug-likeness (QED) is 0.508. The number of nitrogens with zero attached hydrogens (tertiary/aromatic N) is 3. The van der Waals surface area contributed by atoms with E-state index < -0.39 is 10.2 Å². The Kier molecular flexibility index (Phi) is 4.71. The third-order valence-corrected chi connectivity index (χ3v) is 4.27. The van der Waals surface area contributed by atoms with E-state index in [1.165, 1.54) is 36.4 Å². The Morgan fingerprint density at radius 1 is 1.38 bits per heavy atom. The molecule has 0 unspecified atom stereocenters. The van der Waals surface area contributed by atoms with E-state index in [0.717, 1.165) is 5.56 Å². The first-order chi connectivity index (χ1) is 11.6. The van der Waals surface area contributed by atoms with Gasteiger partial charge in [-0.15, -0.1) is 5.10 Å². The fraction of sp³-hybridized carbons (Fsp3) is 0.133. The molecule has 0 radical (unpaired) electrons. The first-order valence-electron chi connectivity index (χ1n) is 6.97. The number of hydrogen-bond acceptors (Lipinski definition) is 7. The van der Waals surface area contributed by atoms with Gasteiger partial charge in [0, 0.05) is 12.1 Å². The number of rotatable bonds is 5. The summed E-state index contributed by atoms with van der Waals surface area (Å²) in [6, 6.07) is 9.71. The third kappa shape index (κ3) is 3.87. The van der Waals surface area contributed by atoms with E-state index in [-0.39, 0.29) is 11.6 Å². The van der Waals surface area contributed by atoms with Crippen molar-refractivity contribution in [2.75, 3.05) is 0 Å². The maximum Gasteiger partial charge on any atom is 0.269 e. The van der Waals surface area contributed by atoms with E-state index in [0.29, 0.717) is 17.3 Å². The highest BCUT2D eigenvalue weighted by Gasteiger charge is 2.30. The van der Waals surface area contributed by atoms with E-state index in [1.54, 1.807) is 24.3 Å². The molecule has 8 nitrogen and oxygen atoms in total. The number of amides is 1. The predicted octanol–water partition coefficient (Wildman–Crippen LogP) is 2.35. The Balaban J connectivity index is 1.64. The van der Waals surface area contributed by atoms with Crippen LogP contribution in [-0.2, 0) is 11.2 Å². The van der Waals surface area contributed by atoms with Gasteiger partial charge in [0.1, 0.15) is 5.76 Å². The van der Waals surface area contributed by atoms with Crippen molar-refractivity contribution in [2.45, 2.75) is 11.7 Å². The molecule has 0 spiro atoms. The van der Waals surface area contributed by atoms with Gasteiger partial charge in [-0.1, -0.05) is 23.9 Å². The number of thioether (sulfide) groups is 1. The van der Waals surface area contributed by atoms with Crippen LogP contribution < -0.4 is 5.32 Å². The Labute approximate surface area is 140 Å². The molecule has 1 aromatic carbocycles. The highest BCUT2D eigenvalue weighted by atomic mass is 32.2. The van der Waals surface area contributed by atoms with Gasteiger partial charge < -0.3 is 9.73 Å². The molecule has 0 saturated carbocycles. The normalized spacial score (nSPS) is 19.1. The third-order valence-electron chi connectivity index (χ3n) is 3.20. The van der Waals surface area contributed by atoms with Crippen LogP contribution >= 0.6 is 11.8 Å². The van der Waals surface area contributed by atoms with Crippen LogP contribution in [0.4, 0.5) is 5.69 Å². The number of nitrogens with one attached hydrogen (secondary N) is 1. The summed E-state index contributed by atoms with van der Waals surface area (Å²) < 4.78 is 5.08. The monoisotopic (exact) mass is 344 g/mol. The average molecular weight is 344 g/mol. The molecular formula is C15H12N4O4S. The molecule has 1 N–H and O–H groups in total. The molecule has 1 aromatic heterocycles. The van der Waals surface area contributed by atoms with Crippen LogP contribution in [0.25, 0.3) is 0 Å². The number of hydrogen-bond donors (Lipinski definition) is 1. The Morgan fingerprint density at radius 3 is 3.00 bits per heavy atom. The molecular weight excluding hydrogens is 332 g/mol. The Morgan fingerprint density at radius 2 is 2.25 bits per heavy atom. The zero-order valence-electron chi connectivity index (χ0n) is 12.3. The smallest absolute Gasteiger partial charge is 0.269 e. The molecule has 122 valence electrons. The molecule has 1 atom stereocenters. The molecule has 0 aliphatic carbocycles. The Bertz CT molecular complexity index is 817. The second-order valence-corrected chi connectivity index (χ2v) is 6.08. The van der Waals surface area contributed by atoms with E-state index >= 15 is 0 Å². The maximum absolute atomic E-state index is 12.0. The molecule has 1 amide bonds. The number of non-ortho nitro benzene ring substituents is 1. The van der Waals surface area contributed by atoms with Gasteiger partial charge in [-0.3, -0.25) is 14.9 Å². The van der Waals surface area contributed by atoms with Crippen LogP contribution in [-0.4, -0.2) is 27.5 Å². The molecule has 9 heteroatoms. The fourth-order valence-corrected chi connectivity index (χ4v) is 3.07. The largest absolute Gasteiger partial charge is 0.463 e. The highest BCUT2D eigenvalue weighted by Crippen LogP contribution is 2.24. The molecule has 0 bridgehead atoms. The summed E-state index contributed by atoms with van der Waals surface area (Å²) in [6.07, 6.45) is 3.34. The van der Waals surface area contributed by atoms with Crippen molar-refractivity contribution in [1.82, 2.24) is 5.32 Å². The number of carbonyl (C=O) groups excluding carboxylic acids is 1. The van der Waals surface area contributed by atoms with Gasteiger partial charge in [0.15, 0.2) is 5.17 Å². The van der Waals surface area contributed by atoms with E-state index in [2.05, 4.69) is 15.5 Å². The molecule has 1 aliphatic rings. The minimum atomic E-state index is -0.457. The summed E-state index contributed by atoms with van der Waals surface area (Å²) in [5, 5.41) is 21.2. The molecule has 1 fully saturated rings. The van der Waals surface area contributed by atoms with Crippen LogP contribution in [0, 0.1) is 10.1 Å². The summed E-state index contributed by atoms with van der Waals surface area (Å²) >= 11 is 1.24. The van der Waals surface area contributed by atoms with Crippen molar-refractivity contribution < 1.29 is 14.1 Å². The Hall–Kier alpha value is -2.94. The minimum absolute atomic E-state index is 0.00726. The summed E-state index contributed by atoms with van der Waals surface area (Å²) in [5.41, 5.74) is 0.727. The fourth-order valence-electron chi connectivity index (χ4n) is 2.10. The lowest BCUT2D eigenvalue weighted by Crippen LogP contribution is -2.25. The van der Waals surface area contributed by atoms with E-state index in [1.807, 2.05) is 0 Å². The molecule has 2 aromatic rings.